The van der Waals surface area contributed by atoms with E-state index in [-0.39, 0.29) is 24.2 Å². The lowest BCUT2D eigenvalue weighted by molar-refractivity contribution is -0.152. The molecule has 1 aromatic carbocycles. The van der Waals surface area contributed by atoms with E-state index in [1.165, 1.54) is 0 Å². The zero-order chi connectivity index (χ0) is 20.2. The molecule has 5 saturated carbocycles. The van der Waals surface area contributed by atoms with Gasteiger partial charge in [0.05, 0.1) is 17.8 Å². The summed E-state index contributed by atoms with van der Waals surface area (Å²) in [4.78, 5) is 15.1. The van der Waals surface area contributed by atoms with Crippen LogP contribution in [0.5, 0.6) is 5.75 Å². The summed E-state index contributed by atoms with van der Waals surface area (Å²) in [5, 5.41) is 20.4. The summed E-state index contributed by atoms with van der Waals surface area (Å²) in [5.74, 6) is 2.38. The fraction of sp³-hybridized carbons (Fsp3) is 0.708. The van der Waals surface area contributed by atoms with E-state index < -0.39 is 5.60 Å². The summed E-state index contributed by atoms with van der Waals surface area (Å²) >= 11 is 0. The van der Waals surface area contributed by atoms with E-state index in [1.807, 2.05) is 36.2 Å². The van der Waals surface area contributed by atoms with Gasteiger partial charge in [0, 0.05) is 18.7 Å². The summed E-state index contributed by atoms with van der Waals surface area (Å²) in [5.41, 5.74) is 0.233. The average molecular weight is 400 g/mol. The fourth-order valence-electron chi connectivity index (χ4n) is 6.96. The fourth-order valence-corrected chi connectivity index (χ4v) is 6.96. The molecule has 0 heterocycles. The Hall–Kier alpha value is -1.59. The molecule has 5 aliphatic carbocycles. The number of aliphatic hydroxyl groups is 2. The van der Waals surface area contributed by atoms with E-state index in [4.69, 9.17) is 4.74 Å². The molecule has 1 amide bonds. The average Bonchev–Trinajstić information content (AvgIpc) is 2.68. The summed E-state index contributed by atoms with van der Waals surface area (Å²) in [6.45, 7) is 0. The van der Waals surface area contributed by atoms with E-state index in [0.717, 1.165) is 63.5 Å². The van der Waals surface area contributed by atoms with Crippen molar-refractivity contribution in [2.24, 2.45) is 17.8 Å². The van der Waals surface area contributed by atoms with Crippen LogP contribution in [-0.2, 0) is 0 Å². The van der Waals surface area contributed by atoms with Gasteiger partial charge in [0.2, 0.25) is 0 Å². The van der Waals surface area contributed by atoms with Crippen LogP contribution in [0.1, 0.15) is 68.1 Å². The van der Waals surface area contributed by atoms with Gasteiger partial charge in [-0.25, -0.2) is 0 Å². The summed E-state index contributed by atoms with van der Waals surface area (Å²) in [7, 11) is 1.94. The highest BCUT2D eigenvalue weighted by Gasteiger charge is 2.56. The Bertz CT molecular complexity index is 739. The molecule has 0 radical (unpaired) electrons. The van der Waals surface area contributed by atoms with Gasteiger partial charge < -0.3 is 19.8 Å². The number of carbonyl (C=O) groups excluding carboxylic acids is 1. The van der Waals surface area contributed by atoms with Crippen molar-refractivity contribution in [2.75, 3.05) is 7.05 Å². The van der Waals surface area contributed by atoms with Gasteiger partial charge in [-0.15, -0.1) is 0 Å². The Kier molecular flexibility index (Phi) is 4.86. The first-order valence-electron chi connectivity index (χ1n) is 11.3. The van der Waals surface area contributed by atoms with Crippen LogP contribution in [0.4, 0.5) is 0 Å². The SMILES string of the molecule is CN(C(=O)c1ccc(OC2CCC(O)CC2)cc1)C1[C@@H]2CC3C[C@H]1CC(O)(C3)C2. The van der Waals surface area contributed by atoms with E-state index in [1.54, 1.807) is 0 Å². The summed E-state index contributed by atoms with van der Waals surface area (Å²) in [6, 6.07) is 7.78. The molecule has 6 rings (SSSR count). The molecule has 3 unspecified atom stereocenters. The molecule has 5 nitrogen and oxygen atoms in total. The quantitative estimate of drug-likeness (QED) is 0.814. The van der Waals surface area contributed by atoms with Crippen molar-refractivity contribution in [3.8, 4) is 5.75 Å². The van der Waals surface area contributed by atoms with Crippen LogP contribution in [0.25, 0.3) is 0 Å². The van der Waals surface area contributed by atoms with Crippen molar-refractivity contribution < 1.29 is 19.7 Å². The van der Waals surface area contributed by atoms with Gasteiger partial charge >= 0.3 is 0 Å². The van der Waals surface area contributed by atoms with Crippen LogP contribution in [-0.4, -0.2) is 51.9 Å². The number of aliphatic hydroxyl groups excluding tert-OH is 1. The Labute approximate surface area is 173 Å². The number of hydrogen-bond acceptors (Lipinski definition) is 4. The normalized spacial score (nSPS) is 40.7. The van der Waals surface area contributed by atoms with Crippen LogP contribution < -0.4 is 4.74 Å². The Morgan fingerprint density at radius 1 is 1.03 bits per heavy atom. The molecular formula is C24H33NO4. The monoisotopic (exact) mass is 399 g/mol. The molecule has 5 aliphatic rings. The molecule has 5 atom stereocenters. The van der Waals surface area contributed by atoms with Gasteiger partial charge in [-0.1, -0.05) is 0 Å². The number of rotatable bonds is 4. The second-order valence-electron chi connectivity index (χ2n) is 10.2. The Morgan fingerprint density at radius 2 is 1.66 bits per heavy atom. The van der Waals surface area contributed by atoms with Gasteiger partial charge in [-0.2, -0.15) is 0 Å². The van der Waals surface area contributed by atoms with Crippen molar-refractivity contribution in [1.82, 2.24) is 4.90 Å². The maximum absolute atomic E-state index is 13.2. The summed E-state index contributed by atoms with van der Waals surface area (Å²) < 4.78 is 6.04. The lowest BCUT2D eigenvalue weighted by Crippen LogP contribution is -2.61. The zero-order valence-electron chi connectivity index (χ0n) is 17.3. The zero-order valence-corrected chi connectivity index (χ0v) is 17.3. The van der Waals surface area contributed by atoms with Gasteiger partial charge in [-0.05, 0) is 99.8 Å². The lowest BCUT2D eigenvalue weighted by atomic mass is 9.52. The van der Waals surface area contributed by atoms with Gasteiger partial charge in [-0.3, -0.25) is 4.79 Å². The molecule has 0 aromatic heterocycles. The highest BCUT2D eigenvalue weighted by molar-refractivity contribution is 5.94. The van der Waals surface area contributed by atoms with E-state index in [9.17, 15) is 15.0 Å². The van der Waals surface area contributed by atoms with Gasteiger partial charge in [0.1, 0.15) is 5.75 Å². The van der Waals surface area contributed by atoms with Crippen molar-refractivity contribution in [2.45, 2.75) is 81.6 Å². The topological polar surface area (TPSA) is 70.0 Å². The predicted octanol–water partition coefficient (Wildman–Crippen LogP) is 3.38. The van der Waals surface area contributed by atoms with Crippen LogP contribution in [0.15, 0.2) is 24.3 Å². The van der Waals surface area contributed by atoms with Gasteiger partial charge in [0.15, 0.2) is 0 Å². The third-order valence-electron chi connectivity index (χ3n) is 8.01. The number of benzene rings is 1. The maximum Gasteiger partial charge on any atom is 0.253 e. The number of amides is 1. The molecule has 2 N–H and O–H groups in total. The van der Waals surface area contributed by atoms with Crippen LogP contribution in [0.2, 0.25) is 0 Å². The molecule has 29 heavy (non-hydrogen) atoms. The van der Waals surface area contributed by atoms with Crippen molar-refractivity contribution >= 4 is 5.91 Å². The number of hydrogen-bond donors (Lipinski definition) is 2. The standard InChI is InChI=1S/C24H33NO4/c1-25(22-17-10-15-11-18(22)14-24(28,12-15)13-17)23(27)16-2-6-20(7-3-16)29-21-8-4-19(26)5-9-21/h2-3,6-7,15,17-19,21-22,26,28H,4-5,8-14H2,1H3/t15?,17-,18+,19?,21?,22?,24?. The first kappa shape index (κ1) is 19.4. The van der Waals surface area contributed by atoms with Crippen molar-refractivity contribution in [1.29, 1.82) is 0 Å². The van der Waals surface area contributed by atoms with E-state index in [0.29, 0.717) is 23.3 Å². The molecule has 5 heteroatoms. The maximum atomic E-state index is 13.2. The highest BCUT2D eigenvalue weighted by atomic mass is 16.5. The predicted molar refractivity (Wildman–Crippen MR) is 110 cm³/mol. The molecule has 1 aromatic rings. The Morgan fingerprint density at radius 3 is 2.24 bits per heavy atom. The third-order valence-corrected chi connectivity index (χ3v) is 8.01. The number of ether oxygens (including phenoxy) is 1. The van der Waals surface area contributed by atoms with Crippen molar-refractivity contribution in [3.05, 3.63) is 29.8 Å². The Balaban J connectivity index is 1.24. The number of carbonyl (C=O) groups is 1. The van der Waals surface area contributed by atoms with E-state index >= 15 is 0 Å². The smallest absolute Gasteiger partial charge is 0.253 e. The third kappa shape index (κ3) is 3.68. The largest absolute Gasteiger partial charge is 0.490 e. The molecule has 4 bridgehead atoms. The highest BCUT2D eigenvalue weighted by Crippen LogP contribution is 2.56. The van der Waals surface area contributed by atoms with Crippen LogP contribution in [0.3, 0.4) is 0 Å². The second kappa shape index (κ2) is 7.28. The van der Waals surface area contributed by atoms with E-state index in [2.05, 4.69) is 0 Å². The minimum absolute atomic E-state index is 0.0711. The molecular weight excluding hydrogens is 366 g/mol. The molecule has 158 valence electrons. The molecule has 5 fully saturated rings. The number of nitrogens with zero attached hydrogens (tertiary/aromatic N) is 1. The van der Waals surface area contributed by atoms with Crippen LogP contribution >= 0.6 is 0 Å². The van der Waals surface area contributed by atoms with Crippen LogP contribution in [0, 0.1) is 17.8 Å². The second-order valence-corrected chi connectivity index (χ2v) is 10.2. The lowest BCUT2D eigenvalue weighted by Gasteiger charge is -2.59. The summed E-state index contributed by atoms with van der Waals surface area (Å²) in [6.07, 6.45) is 8.30. The molecule has 0 spiro atoms. The van der Waals surface area contributed by atoms with Gasteiger partial charge in [0.25, 0.3) is 5.91 Å². The molecule has 0 aliphatic heterocycles. The van der Waals surface area contributed by atoms with Crippen molar-refractivity contribution in [3.63, 3.8) is 0 Å². The molecule has 0 saturated heterocycles. The first-order valence-corrected chi connectivity index (χ1v) is 11.3. The minimum Gasteiger partial charge on any atom is -0.490 e. The minimum atomic E-state index is -0.467. The first-order chi connectivity index (χ1) is 13.9.